The van der Waals surface area contributed by atoms with Gasteiger partial charge in [0, 0.05) is 45.6 Å². The van der Waals surface area contributed by atoms with E-state index < -0.39 is 10.0 Å². The Morgan fingerprint density at radius 1 is 1.24 bits per heavy atom. The molecule has 2 fully saturated rings. The third kappa shape index (κ3) is 4.41. The first-order valence-corrected chi connectivity index (χ1v) is 12.1. The van der Waals surface area contributed by atoms with E-state index in [0.717, 1.165) is 55.7 Å². The van der Waals surface area contributed by atoms with Crippen molar-refractivity contribution >= 4 is 26.9 Å². The lowest BCUT2D eigenvalue weighted by molar-refractivity contribution is 0.0882. The summed E-state index contributed by atoms with van der Waals surface area (Å²) >= 11 is 0. The fraction of sp³-hybridized carbons (Fsp3) is 0.700. The molecule has 1 saturated heterocycles. The van der Waals surface area contributed by atoms with E-state index >= 15 is 0 Å². The highest BCUT2D eigenvalue weighted by Crippen LogP contribution is 2.36. The number of sulfonamides is 1. The average molecular weight is 422 g/mol. The highest BCUT2D eigenvalue weighted by molar-refractivity contribution is 7.89. The Kier molecular flexibility index (Phi) is 6.08. The minimum atomic E-state index is -3.18. The van der Waals surface area contributed by atoms with E-state index in [1.54, 1.807) is 10.6 Å². The molecule has 4 rings (SSSR count). The van der Waals surface area contributed by atoms with Gasteiger partial charge in [0.1, 0.15) is 17.8 Å². The summed E-state index contributed by atoms with van der Waals surface area (Å²) in [6.45, 7) is 4.72. The number of ether oxygens (including phenoxy) is 1. The van der Waals surface area contributed by atoms with Crippen LogP contribution < -0.4 is 4.90 Å². The lowest BCUT2D eigenvalue weighted by Crippen LogP contribution is -2.48. The monoisotopic (exact) mass is 421 g/mol. The highest BCUT2D eigenvalue weighted by Gasteiger charge is 2.38. The summed E-state index contributed by atoms with van der Waals surface area (Å²) in [7, 11) is -1.15. The number of piperidine rings is 1. The topological polar surface area (TPSA) is 91.4 Å². The Hall–Kier alpha value is -1.71. The lowest BCUT2D eigenvalue weighted by Gasteiger charge is -2.42. The molecular weight excluding hydrogens is 390 g/mol. The summed E-state index contributed by atoms with van der Waals surface area (Å²) in [6, 6.07) is 2.30. The van der Waals surface area contributed by atoms with Gasteiger partial charge in [0.2, 0.25) is 10.0 Å². The van der Waals surface area contributed by atoms with Crippen LogP contribution in [0, 0.1) is 11.8 Å². The zero-order chi connectivity index (χ0) is 20.4. The molecule has 1 aliphatic heterocycles. The molecule has 9 heteroatoms. The SMILES string of the molecule is CCOCC1CCN(S(=O)(=O)CC2CC(N(C)c3ncnc4[nH]ccc34)C2)CC1. The fourth-order valence-corrected chi connectivity index (χ4v) is 6.35. The van der Waals surface area contributed by atoms with Crippen molar-refractivity contribution in [2.24, 2.45) is 11.8 Å². The molecule has 1 saturated carbocycles. The number of hydrogen-bond acceptors (Lipinski definition) is 6. The van der Waals surface area contributed by atoms with E-state index in [1.807, 2.05) is 26.2 Å². The van der Waals surface area contributed by atoms with Crippen LogP contribution in [0.2, 0.25) is 0 Å². The molecule has 0 bridgehead atoms. The summed E-state index contributed by atoms with van der Waals surface area (Å²) in [5.41, 5.74) is 0.827. The second-order valence-electron chi connectivity index (χ2n) is 8.32. The van der Waals surface area contributed by atoms with Gasteiger partial charge in [-0.2, -0.15) is 0 Å². The van der Waals surface area contributed by atoms with E-state index in [4.69, 9.17) is 4.74 Å². The Balaban J connectivity index is 1.28. The van der Waals surface area contributed by atoms with Crippen LogP contribution in [0.3, 0.4) is 0 Å². The molecule has 8 nitrogen and oxygen atoms in total. The third-order valence-corrected chi connectivity index (χ3v) is 8.44. The molecule has 0 aromatic carbocycles. The minimum Gasteiger partial charge on any atom is -0.381 e. The Labute approximate surface area is 172 Å². The van der Waals surface area contributed by atoms with Crippen molar-refractivity contribution in [3.05, 3.63) is 18.6 Å². The summed E-state index contributed by atoms with van der Waals surface area (Å²) in [5, 5.41) is 1.00. The zero-order valence-electron chi connectivity index (χ0n) is 17.2. The summed E-state index contributed by atoms with van der Waals surface area (Å²) in [5.74, 6) is 1.87. The smallest absolute Gasteiger partial charge is 0.214 e. The van der Waals surface area contributed by atoms with Gasteiger partial charge in [-0.3, -0.25) is 0 Å². The van der Waals surface area contributed by atoms with Crippen LogP contribution >= 0.6 is 0 Å². The second-order valence-corrected chi connectivity index (χ2v) is 10.3. The van der Waals surface area contributed by atoms with Gasteiger partial charge >= 0.3 is 0 Å². The van der Waals surface area contributed by atoms with Crippen LogP contribution in [0.15, 0.2) is 18.6 Å². The number of aromatic amines is 1. The third-order valence-electron chi connectivity index (χ3n) is 6.40. The molecule has 2 aromatic heterocycles. The highest BCUT2D eigenvalue weighted by atomic mass is 32.2. The molecule has 2 aromatic rings. The quantitative estimate of drug-likeness (QED) is 0.703. The molecule has 0 atom stereocenters. The van der Waals surface area contributed by atoms with Crippen molar-refractivity contribution in [3.63, 3.8) is 0 Å². The standard InChI is InChI=1S/C20H31N5O3S/c1-3-28-12-15-5-8-25(9-6-15)29(26,27)13-16-10-17(11-16)24(2)20-18-4-7-21-19(18)22-14-23-20/h4,7,14-17H,3,5-6,8-13H2,1-2H3,(H,21,22,23). The zero-order valence-corrected chi connectivity index (χ0v) is 18.1. The number of nitrogens with zero attached hydrogens (tertiary/aromatic N) is 4. The fourth-order valence-electron chi connectivity index (χ4n) is 4.51. The van der Waals surface area contributed by atoms with Crippen LogP contribution in [-0.2, 0) is 14.8 Å². The van der Waals surface area contributed by atoms with Gasteiger partial charge in [-0.05, 0) is 50.5 Å². The van der Waals surface area contributed by atoms with Crippen molar-refractivity contribution in [1.82, 2.24) is 19.3 Å². The van der Waals surface area contributed by atoms with Crippen molar-refractivity contribution in [2.75, 3.05) is 44.0 Å². The maximum Gasteiger partial charge on any atom is 0.214 e. The van der Waals surface area contributed by atoms with E-state index in [9.17, 15) is 8.42 Å². The van der Waals surface area contributed by atoms with Gasteiger partial charge in [0.15, 0.2) is 0 Å². The number of anilines is 1. The van der Waals surface area contributed by atoms with Gasteiger partial charge in [-0.25, -0.2) is 22.7 Å². The number of hydrogen-bond donors (Lipinski definition) is 1. The van der Waals surface area contributed by atoms with Crippen molar-refractivity contribution in [2.45, 2.75) is 38.6 Å². The van der Waals surface area contributed by atoms with Crippen LogP contribution in [0.1, 0.15) is 32.6 Å². The van der Waals surface area contributed by atoms with Crippen LogP contribution in [0.25, 0.3) is 11.0 Å². The van der Waals surface area contributed by atoms with Crippen LogP contribution in [0.5, 0.6) is 0 Å². The van der Waals surface area contributed by atoms with Crippen LogP contribution in [-0.4, -0.2) is 72.8 Å². The van der Waals surface area contributed by atoms with E-state index in [-0.39, 0.29) is 11.7 Å². The number of fused-ring (bicyclic) bond motifs is 1. The largest absolute Gasteiger partial charge is 0.381 e. The molecule has 0 unspecified atom stereocenters. The first-order chi connectivity index (χ1) is 14.0. The maximum atomic E-state index is 12.9. The average Bonchev–Trinajstić information content (AvgIpc) is 3.17. The normalized spacial score (nSPS) is 23.9. The Morgan fingerprint density at radius 3 is 2.72 bits per heavy atom. The molecule has 0 radical (unpaired) electrons. The van der Waals surface area contributed by atoms with Gasteiger partial charge in [0.05, 0.1) is 11.1 Å². The van der Waals surface area contributed by atoms with Crippen molar-refractivity contribution < 1.29 is 13.2 Å². The molecular formula is C20H31N5O3S. The number of rotatable bonds is 8. The summed E-state index contributed by atoms with van der Waals surface area (Å²) in [4.78, 5) is 14.0. The Bertz CT molecular complexity index is 917. The number of nitrogens with one attached hydrogen (secondary N) is 1. The maximum absolute atomic E-state index is 12.9. The van der Waals surface area contributed by atoms with Gasteiger partial charge in [0.25, 0.3) is 0 Å². The second kappa shape index (κ2) is 8.57. The van der Waals surface area contributed by atoms with Crippen LogP contribution in [0.4, 0.5) is 5.82 Å². The first-order valence-electron chi connectivity index (χ1n) is 10.5. The first kappa shape index (κ1) is 20.6. The number of H-pyrrole nitrogens is 1. The predicted octanol–water partition coefficient (Wildman–Crippen LogP) is 2.25. The molecule has 0 amide bonds. The molecule has 2 aliphatic rings. The van der Waals surface area contributed by atoms with Gasteiger partial charge in [-0.1, -0.05) is 0 Å². The van der Waals surface area contributed by atoms with Gasteiger partial charge < -0.3 is 14.6 Å². The lowest BCUT2D eigenvalue weighted by atomic mass is 9.81. The van der Waals surface area contributed by atoms with E-state index in [2.05, 4.69) is 19.9 Å². The van der Waals surface area contributed by atoms with Crippen molar-refractivity contribution in [3.8, 4) is 0 Å². The molecule has 1 aliphatic carbocycles. The molecule has 160 valence electrons. The van der Waals surface area contributed by atoms with Gasteiger partial charge in [-0.15, -0.1) is 0 Å². The number of aromatic nitrogens is 3. The minimum absolute atomic E-state index is 0.220. The molecule has 29 heavy (non-hydrogen) atoms. The van der Waals surface area contributed by atoms with E-state index in [0.29, 0.717) is 25.0 Å². The molecule has 1 N–H and O–H groups in total. The van der Waals surface area contributed by atoms with Crippen molar-refractivity contribution in [1.29, 1.82) is 0 Å². The molecule has 0 spiro atoms. The molecule has 3 heterocycles. The summed E-state index contributed by atoms with van der Waals surface area (Å²) in [6.07, 6.45) is 7.00. The summed E-state index contributed by atoms with van der Waals surface area (Å²) < 4.78 is 32.9. The predicted molar refractivity (Wildman–Crippen MR) is 113 cm³/mol. The van der Waals surface area contributed by atoms with E-state index in [1.165, 1.54) is 0 Å². The Morgan fingerprint density at radius 2 is 2.00 bits per heavy atom.